The summed E-state index contributed by atoms with van der Waals surface area (Å²) in [5, 5.41) is 3.34. The van der Waals surface area contributed by atoms with Crippen LogP contribution in [0.2, 0.25) is 0 Å². The average Bonchev–Trinajstić information content (AvgIpc) is 2.36. The van der Waals surface area contributed by atoms with E-state index >= 15 is 0 Å². The molecule has 0 spiro atoms. The van der Waals surface area contributed by atoms with Gasteiger partial charge in [-0.2, -0.15) is 0 Å². The summed E-state index contributed by atoms with van der Waals surface area (Å²) < 4.78 is 26.3. The van der Waals surface area contributed by atoms with E-state index in [2.05, 4.69) is 17.0 Å². The van der Waals surface area contributed by atoms with E-state index in [1.54, 1.807) is 25.1 Å². The molecular weight excluding hydrogens is 248 g/mol. The number of hydrogen-bond acceptors (Lipinski definition) is 3. The molecule has 0 aromatic heterocycles. The smallest absolute Gasteiger partial charge is 0.240 e. The molecule has 18 heavy (non-hydrogen) atoms. The highest BCUT2D eigenvalue weighted by atomic mass is 32.2. The van der Waals surface area contributed by atoms with Gasteiger partial charge in [0.2, 0.25) is 10.0 Å². The van der Waals surface area contributed by atoms with Crippen molar-refractivity contribution in [1.82, 2.24) is 10.0 Å². The monoisotopic (exact) mass is 270 g/mol. The van der Waals surface area contributed by atoms with Gasteiger partial charge in [0.05, 0.1) is 4.90 Å². The predicted molar refractivity (Wildman–Crippen MR) is 74.0 cm³/mol. The number of nitrogens with one attached hydrogen (secondary N) is 2. The zero-order chi connectivity index (χ0) is 13.6. The lowest BCUT2D eigenvalue weighted by Crippen LogP contribution is -2.24. The summed E-state index contributed by atoms with van der Waals surface area (Å²) in [5.41, 5.74) is 0.988. The molecule has 0 heterocycles. The molecule has 102 valence electrons. The highest BCUT2D eigenvalue weighted by Gasteiger charge is 2.14. The Labute approximate surface area is 110 Å². The van der Waals surface area contributed by atoms with Crippen molar-refractivity contribution >= 4 is 10.0 Å². The van der Waals surface area contributed by atoms with E-state index < -0.39 is 10.0 Å². The highest BCUT2D eigenvalue weighted by Crippen LogP contribution is 2.17. The summed E-state index contributed by atoms with van der Waals surface area (Å²) in [5.74, 6) is 0. The van der Waals surface area contributed by atoms with Crippen LogP contribution in [0.4, 0.5) is 0 Å². The second-order valence-electron chi connectivity index (χ2n) is 4.25. The van der Waals surface area contributed by atoms with E-state index in [0.29, 0.717) is 11.4 Å². The fraction of sp³-hybridized carbons (Fsp3) is 0.538. The van der Waals surface area contributed by atoms with Crippen LogP contribution in [0.25, 0.3) is 0 Å². The van der Waals surface area contributed by atoms with Crippen LogP contribution in [-0.2, 0) is 10.0 Å². The molecule has 2 N–H and O–H groups in total. The Balaban J connectivity index is 2.92. The van der Waals surface area contributed by atoms with Crippen molar-refractivity contribution in [2.24, 2.45) is 0 Å². The van der Waals surface area contributed by atoms with Crippen LogP contribution in [0, 0.1) is 0 Å². The standard InChI is InChI=1S/C13H22N2O2S/c1-4-9-14-11(3)12-7-6-8-13(10-12)18(16,17)15-5-2/h6-8,10-11,14-15H,4-5,9H2,1-3H3. The zero-order valence-electron chi connectivity index (χ0n) is 11.2. The molecule has 1 rings (SSSR count). The Bertz CT molecular complexity index is 472. The van der Waals surface area contributed by atoms with E-state index in [4.69, 9.17) is 0 Å². The van der Waals surface area contributed by atoms with Crippen molar-refractivity contribution in [2.45, 2.75) is 38.1 Å². The maximum Gasteiger partial charge on any atom is 0.240 e. The molecule has 5 heteroatoms. The van der Waals surface area contributed by atoms with Gasteiger partial charge < -0.3 is 5.32 Å². The molecule has 0 fully saturated rings. The van der Waals surface area contributed by atoms with Crippen molar-refractivity contribution in [3.05, 3.63) is 29.8 Å². The van der Waals surface area contributed by atoms with Gasteiger partial charge in [-0.1, -0.05) is 26.0 Å². The summed E-state index contributed by atoms with van der Waals surface area (Å²) in [6.45, 7) is 7.23. The molecule has 0 bridgehead atoms. The summed E-state index contributed by atoms with van der Waals surface area (Å²) in [6.07, 6.45) is 1.06. The van der Waals surface area contributed by atoms with Crippen LogP contribution in [0.3, 0.4) is 0 Å². The maximum absolute atomic E-state index is 11.9. The van der Waals surface area contributed by atoms with Crippen molar-refractivity contribution in [2.75, 3.05) is 13.1 Å². The van der Waals surface area contributed by atoms with Gasteiger partial charge in [0.25, 0.3) is 0 Å². The maximum atomic E-state index is 11.9. The fourth-order valence-corrected chi connectivity index (χ4v) is 2.80. The van der Waals surface area contributed by atoms with Crippen molar-refractivity contribution in [3.63, 3.8) is 0 Å². The lowest BCUT2D eigenvalue weighted by atomic mass is 10.1. The van der Waals surface area contributed by atoms with Gasteiger partial charge in [-0.15, -0.1) is 0 Å². The minimum atomic E-state index is -3.36. The first kappa shape index (κ1) is 15.1. The van der Waals surface area contributed by atoms with E-state index in [0.717, 1.165) is 18.5 Å². The normalized spacial score (nSPS) is 13.5. The molecule has 0 aliphatic rings. The Kier molecular flexibility index (Phi) is 5.78. The third-order valence-corrected chi connectivity index (χ3v) is 4.25. The molecule has 1 aromatic carbocycles. The van der Waals surface area contributed by atoms with E-state index in [-0.39, 0.29) is 6.04 Å². The van der Waals surface area contributed by atoms with Crippen LogP contribution < -0.4 is 10.0 Å². The topological polar surface area (TPSA) is 58.2 Å². The summed E-state index contributed by atoms with van der Waals surface area (Å²) in [6, 6.07) is 7.23. The van der Waals surface area contributed by atoms with Gasteiger partial charge in [0, 0.05) is 12.6 Å². The Morgan fingerprint density at radius 2 is 2.00 bits per heavy atom. The minimum Gasteiger partial charge on any atom is -0.310 e. The molecule has 0 saturated heterocycles. The van der Waals surface area contributed by atoms with Gasteiger partial charge in [-0.05, 0) is 37.6 Å². The number of benzene rings is 1. The number of hydrogen-bond donors (Lipinski definition) is 2. The van der Waals surface area contributed by atoms with Crippen molar-refractivity contribution in [3.8, 4) is 0 Å². The molecule has 1 atom stereocenters. The minimum absolute atomic E-state index is 0.154. The molecule has 4 nitrogen and oxygen atoms in total. The second kappa shape index (κ2) is 6.87. The van der Waals surface area contributed by atoms with Crippen LogP contribution in [0.5, 0.6) is 0 Å². The van der Waals surface area contributed by atoms with E-state index in [1.165, 1.54) is 0 Å². The third-order valence-electron chi connectivity index (χ3n) is 2.70. The predicted octanol–water partition coefficient (Wildman–Crippen LogP) is 2.05. The first-order valence-electron chi connectivity index (χ1n) is 6.34. The van der Waals surface area contributed by atoms with Crippen LogP contribution in [0.15, 0.2) is 29.2 Å². The summed E-state index contributed by atoms with van der Waals surface area (Å²) >= 11 is 0. The first-order valence-corrected chi connectivity index (χ1v) is 7.82. The molecule has 0 aliphatic carbocycles. The molecule has 0 amide bonds. The van der Waals surface area contributed by atoms with Gasteiger partial charge in [0.1, 0.15) is 0 Å². The molecule has 1 unspecified atom stereocenters. The van der Waals surface area contributed by atoms with Crippen LogP contribution in [-0.4, -0.2) is 21.5 Å². The van der Waals surface area contributed by atoms with Gasteiger partial charge in [0.15, 0.2) is 0 Å². The molecule has 0 radical (unpaired) electrons. The number of rotatable bonds is 7. The molecular formula is C13H22N2O2S. The second-order valence-corrected chi connectivity index (χ2v) is 6.02. The van der Waals surface area contributed by atoms with E-state index in [1.807, 2.05) is 13.0 Å². The largest absolute Gasteiger partial charge is 0.310 e. The molecule has 1 aromatic rings. The van der Waals surface area contributed by atoms with Gasteiger partial charge in [-0.25, -0.2) is 13.1 Å². The highest BCUT2D eigenvalue weighted by molar-refractivity contribution is 7.89. The lowest BCUT2D eigenvalue weighted by Gasteiger charge is -2.14. The van der Waals surface area contributed by atoms with Gasteiger partial charge >= 0.3 is 0 Å². The quantitative estimate of drug-likeness (QED) is 0.797. The number of sulfonamides is 1. The Hall–Kier alpha value is -0.910. The van der Waals surface area contributed by atoms with Crippen molar-refractivity contribution < 1.29 is 8.42 Å². The van der Waals surface area contributed by atoms with Crippen LogP contribution >= 0.6 is 0 Å². The molecule has 0 saturated carbocycles. The fourth-order valence-electron chi connectivity index (χ4n) is 1.70. The first-order chi connectivity index (χ1) is 8.51. The average molecular weight is 270 g/mol. The summed E-state index contributed by atoms with van der Waals surface area (Å²) in [7, 11) is -3.36. The SMILES string of the molecule is CCCNC(C)c1cccc(S(=O)(=O)NCC)c1. The molecule has 0 aliphatic heterocycles. The Morgan fingerprint density at radius 1 is 1.28 bits per heavy atom. The van der Waals surface area contributed by atoms with Gasteiger partial charge in [-0.3, -0.25) is 0 Å². The van der Waals surface area contributed by atoms with Crippen molar-refractivity contribution in [1.29, 1.82) is 0 Å². The van der Waals surface area contributed by atoms with E-state index in [9.17, 15) is 8.42 Å². The van der Waals surface area contributed by atoms with Crippen LogP contribution in [0.1, 0.15) is 38.8 Å². The lowest BCUT2D eigenvalue weighted by molar-refractivity contribution is 0.567. The Morgan fingerprint density at radius 3 is 2.61 bits per heavy atom. The third kappa shape index (κ3) is 4.08. The summed E-state index contributed by atoms with van der Waals surface area (Å²) in [4.78, 5) is 0.326. The zero-order valence-corrected chi connectivity index (χ0v) is 12.0.